The lowest BCUT2D eigenvalue weighted by atomic mass is 9.93. The molecule has 6 heteroatoms. The average Bonchev–Trinajstić information content (AvgIpc) is 2.74. The maximum Gasteiger partial charge on any atom is 0.249 e. The van der Waals surface area contributed by atoms with Crippen LogP contribution in [0.3, 0.4) is 0 Å². The molecule has 0 bridgehead atoms. The van der Waals surface area contributed by atoms with E-state index in [9.17, 15) is 14.4 Å². The standard InChI is InChI=1S/C17H20N2O3S/c1-10(20)14-17(2,3)23-16-13(15(22)19(14)16)18-12(21)9-11-7-5-4-6-8-11/h4-8,13-14,16H,9H2,1-3H3,(H,18,21). The van der Waals surface area contributed by atoms with Gasteiger partial charge in [-0.2, -0.15) is 0 Å². The smallest absolute Gasteiger partial charge is 0.249 e. The second kappa shape index (κ2) is 5.67. The van der Waals surface area contributed by atoms with Crippen molar-refractivity contribution in [1.82, 2.24) is 10.2 Å². The molecule has 2 aliphatic rings. The van der Waals surface area contributed by atoms with Gasteiger partial charge in [0.15, 0.2) is 5.78 Å². The molecule has 2 saturated heterocycles. The fourth-order valence-corrected chi connectivity index (χ4v) is 5.11. The van der Waals surface area contributed by atoms with Crippen molar-refractivity contribution in [3.63, 3.8) is 0 Å². The molecule has 1 N–H and O–H groups in total. The Bertz CT molecular complexity index is 659. The van der Waals surface area contributed by atoms with Crippen LogP contribution in [0.4, 0.5) is 0 Å². The van der Waals surface area contributed by atoms with Crippen LogP contribution >= 0.6 is 11.8 Å². The number of rotatable bonds is 4. The van der Waals surface area contributed by atoms with Crippen LogP contribution in [-0.2, 0) is 20.8 Å². The monoisotopic (exact) mass is 332 g/mol. The summed E-state index contributed by atoms with van der Waals surface area (Å²) in [6.45, 7) is 5.46. The van der Waals surface area contributed by atoms with E-state index in [2.05, 4.69) is 5.32 Å². The molecule has 3 rings (SSSR count). The van der Waals surface area contributed by atoms with E-state index in [1.54, 1.807) is 16.7 Å². The predicted octanol–water partition coefficient (Wildman–Crippen LogP) is 1.37. The number of thioether (sulfide) groups is 1. The largest absolute Gasteiger partial charge is 0.341 e. The van der Waals surface area contributed by atoms with E-state index in [-0.39, 0.29) is 34.1 Å². The van der Waals surface area contributed by atoms with Gasteiger partial charge in [-0.3, -0.25) is 14.4 Å². The first-order chi connectivity index (χ1) is 10.8. The van der Waals surface area contributed by atoms with Gasteiger partial charge in [-0.25, -0.2) is 0 Å². The molecular weight excluding hydrogens is 312 g/mol. The zero-order chi connectivity index (χ0) is 16.8. The Balaban J connectivity index is 1.66. The molecule has 0 aromatic heterocycles. The van der Waals surface area contributed by atoms with Crippen molar-refractivity contribution in [1.29, 1.82) is 0 Å². The van der Waals surface area contributed by atoms with E-state index in [0.29, 0.717) is 0 Å². The number of nitrogens with zero attached hydrogens (tertiary/aromatic N) is 1. The Morgan fingerprint density at radius 2 is 1.91 bits per heavy atom. The minimum absolute atomic E-state index is 0.00703. The minimum Gasteiger partial charge on any atom is -0.341 e. The summed E-state index contributed by atoms with van der Waals surface area (Å²) >= 11 is 1.58. The van der Waals surface area contributed by atoms with Crippen LogP contribution in [0.25, 0.3) is 0 Å². The SMILES string of the molecule is CC(=O)C1N2C(=O)C(NC(=O)Cc3ccccc3)C2SC1(C)C. The molecular formula is C17H20N2O3S. The Labute approximate surface area is 139 Å². The molecule has 3 atom stereocenters. The Hall–Kier alpha value is -1.82. The normalized spacial score (nSPS) is 28.0. The van der Waals surface area contributed by atoms with Crippen molar-refractivity contribution < 1.29 is 14.4 Å². The molecule has 3 unspecified atom stereocenters. The quantitative estimate of drug-likeness (QED) is 0.846. The molecule has 2 amide bonds. The van der Waals surface area contributed by atoms with Crippen molar-refractivity contribution in [2.24, 2.45) is 0 Å². The number of benzene rings is 1. The van der Waals surface area contributed by atoms with Crippen LogP contribution in [0.2, 0.25) is 0 Å². The van der Waals surface area contributed by atoms with Gasteiger partial charge in [-0.15, -0.1) is 11.8 Å². The van der Waals surface area contributed by atoms with Crippen LogP contribution in [-0.4, -0.2) is 44.7 Å². The number of Topliss-reactive ketones (excluding diaryl/α,β-unsaturated/α-hetero) is 1. The molecule has 0 aliphatic carbocycles. The number of fused-ring (bicyclic) bond motifs is 1. The summed E-state index contributed by atoms with van der Waals surface area (Å²) in [5, 5.41) is 2.67. The predicted molar refractivity (Wildman–Crippen MR) is 88.8 cm³/mol. The number of carbonyl (C=O) groups excluding carboxylic acids is 3. The summed E-state index contributed by atoms with van der Waals surface area (Å²) in [6, 6.07) is 8.49. The van der Waals surface area contributed by atoms with Crippen molar-refractivity contribution in [2.45, 2.75) is 49.4 Å². The third-order valence-corrected chi connectivity index (χ3v) is 5.92. The third-order valence-electron chi connectivity index (χ3n) is 4.35. The summed E-state index contributed by atoms with van der Waals surface area (Å²) in [5.41, 5.74) is 0.912. The van der Waals surface area contributed by atoms with Gasteiger partial charge in [0.2, 0.25) is 11.8 Å². The highest BCUT2D eigenvalue weighted by Crippen LogP contribution is 2.50. The van der Waals surface area contributed by atoms with Crippen molar-refractivity contribution >= 4 is 29.4 Å². The number of hydrogen-bond donors (Lipinski definition) is 1. The molecule has 2 heterocycles. The molecule has 0 saturated carbocycles. The highest BCUT2D eigenvalue weighted by atomic mass is 32.2. The van der Waals surface area contributed by atoms with E-state index < -0.39 is 12.1 Å². The van der Waals surface area contributed by atoms with E-state index in [0.717, 1.165) is 5.56 Å². The first-order valence-corrected chi connectivity index (χ1v) is 8.53. The maximum absolute atomic E-state index is 12.4. The molecule has 2 fully saturated rings. The van der Waals surface area contributed by atoms with Gasteiger partial charge >= 0.3 is 0 Å². The zero-order valence-electron chi connectivity index (χ0n) is 13.4. The van der Waals surface area contributed by atoms with Gasteiger partial charge in [-0.05, 0) is 26.3 Å². The molecule has 122 valence electrons. The molecule has 1 aromatic rings. The number of amides is 2. The van der Waals surface area contributed by atoms with Crippen molar-refractivity contribution in [2.75, 3.05) is 0 Å². The van der Waals surface area contributed by atoms with E-state index in [1.807, 2.05) is 44.2 Å². The second-order valence-electron chi connectivity index (χ2n) is 6.58. The Morgan fingerprint density at radius 1 is 1.26 bits per heavy atom. The minimum atomic E-state index is -0.528. The lowest BCUT2D eigenvalue weighted by Gasteiger charge is -2.44. The first-order valence-electron chi connectivity index (χ1n) is 7.65. The third kappa shape index (κ3) is 2.76. The lowest BCUT2D eigenvalue weighted by Crippen LogP contribution is -2.70. The van der Waals surface area contributed by atoms with Gasteiger partial charge in [0, 0.05) is 4.75 Å². The van der Waals surface area contributed by atoms with Gasteiger partial charge in [0.25, 0.3) is 0 Å². The summed E-state index contributed by atoms with van der Waals surface area (Å²) in [4.78, 5) is 38.0. The van der Waals surface area contributed by atoms with Gasteiger partial charge in [0.1, 0.15) is 17.5 Å². The summed E-state index contributed by atoms with van der Waals surface area (Å²) in [5.74, 6) is -0.332. The van der Waals surface area contributed by atoms with E-state index in [4.69, 9.17) is 0 Å². The molecule has 23 heavy (non-hydrogen) atoms. The maximum atomic E-state index is 12.4. The van der Waals surface area contributed by atoms with Gasteiger partial charge < -0.3 is 10.2 Å². The van der Waals surface area contributed by atoms with E-state index in [1.165, 1.54) is 6.92 Å². The van der Waals surface area contributed by atoms with E-state index >= 15 is 0 Å². The molecule has 1 aromatic carbocycles. The van der Waals surface area contributed by atoms with Crippen LogP contribution in [0.1, 0.15) is 26.3 Å². The highest BCUT2D eigenvalue weighted by molar-refractivity contribution is 8.01. The molecule has 5 nitrogen and oxygen atoms in total. The van der Waals surface area contributed by atoms with Crippen LogP contribution in [0.15, 0.2) is 30.3 Å². The lowest BCUT2D eigenvalue weighted by molar-refractivity contribution is -0.154. The first kappa shape index (κ1) is 16.1. The molecule has 0 spiro atoms. The van der Waals surface area contributed by atoms with Gasteiger partial charge in [-0.1, -0.05) is 30.3 Å². The Kier molecular flexibility index (Phi) is 3.96. The van der Waals surface area contributed by atoms with Crippen LogP contribution in [0, 0.1) is 0 Å². The zero-order valence-corrected chi connectivity index (χ0v) is 14.2. The van der Waals surface area contributed by atoms with Crippen molar-refractivity contribution in [3.05, 3.63) is 35.9 Å². The average molecular weight is 332 g/mol. The van der Waals surface area contributed by atoms with Crippen LogP contribution < -0.4 is 5.32 Å². The topological polar surface area (TPSA) is 66.5 Å². The van der Waals surface area contributed by atoms with Gasteiger partial charge in [0.05, 0.1) is 6.42 Å². The van der Waals surface area contributed by atoms with Crippen LogP contribution in [0.5, 0.6) is 0 Å². The second-order valence-corrected chi connectivity index (χ2v) is 8.35. The fraction of sp³-hybridized carbons (Fsp3) is 0.471. The summed E-state index contributed by atoms with van der Waals surface area (Å²) < 4.78 is -0.328. The summed E-state index contributed by atoms with van der Waals surface area (Å²) in [7, 11) is 0. The number of ketones is 1. The number of nitrogens with one attached hydrogen (secondary N) is 1. The number of carbonyl (C=O) groups is 3. The Morgan fingerprint density at radius 3 is 2.52 bits per heavy atom. The number of β-lactam (4-membered cyclic amide) rings is 1. The highest BCUT2D eigenvalue weighted by Gasteiger charge is 2.62. The molecule has 2 aliphatic heterocycles. The molecule has 0 radical (unpaired) electrons. The van der Waals surface area contributed by atoms with Crippen molar-refractivity contribution in [3.8, 4) is 0 Å². The fourth-order valence-electron chi connectivity index (χ4n) is 3.42. The number of hydrogen-bond acceptors (Lipinski definition) is 4. The summed E-state index contributed by atoms with van der Waals surface area (Å²) in [6.07, 6.45) is 0.252.